The second-order valence-corrected chi connectivity index (χ2v) is 36.9. The molecule has 5 heteroatoms. The summed E-state index contributed by atoms with van der Waals surface area (Å²) in [4.78, 5) is 0. The van der Waals surface area contributed by atoms with Gasteiger partial charge in [-0.1, -0.05) is 257 Å². The van der Waals surface area contributed by atoms with Crippen molar-refractivity contribution in [3.8, 4) is 168 Å². The van der Waals surface area contributed by atoms with Crippen molar-refractivity contribution < 1.29 is 33.8 Å². The quantitative estimate of drug-likeness (QED) is 0.148. The van der Waals surface area contributed by atoms with Crippen molar-refractivity contribution in [2.24, 2.45) is 40.7 Å². The van der Waals surface area contributed by atoms with E-state index in [1.807, 2.05) is 75.3 Å². The summed E-state index contributed by atoms with van der Waals surface area (Å²) in [5.41, 5.74) is 47.2. The fraction of sp³-hybridized carbons (Fsp3) is 0.153. The number of nitrogens with zero attached hydrogens (tertiary/aromatic N) is 5. The molecule has 0 aliphatic heterocycles. The summed E-state index contributed by atoms with van der Waals surface area (Å²) >= 11 is 0. The summed E-state index contributed by atoms with van der Waals surface area (Å²) in [7, 11) is 10.2. The summed E-state index contributed by atoms with van der Waals surface area (Å²) < 4.78 is 74.7. The second kappa shape index (κ2) is 31.7. The third kappa shape index (κ3) is 13.6. The molecule has 0 fully saturated rings. The fourth-order valence-electron chi connectivity index (χ4n) is 21.6. The molecular weight excluding hydrogens is 1560 g/mol. The molecule has 624 valence electrons. The lowest BCUT2D eigenvalue weighted by molar-refractivity contribution is -0.660. The molecule has 0 radical (unpaired) electrons. The zero-order chi connectivity index (χ0) is 95.6. The van der Waals surface area contributed by atoms with Gasteiger partial charge in [-0.15, -0.1) is 0 Å². The zero-order valence-electron chi connectivity index (χ0n) is 84.0. The van der Waals surface area contributed by atoms with E-state index in [4.69, 9.17) is 11.0 Å². The molecule has 15 aromatic carbocycles. The van der Waals surface area contributed by atoms with Crippen LogP contribution < -0.4 is 22.8 Å². The first kappa shape index (κ1) is 72.5. The van der Waals surface area contributed by atoms with Gasteiger partial charge in [0.15, 0.2) is 31.0 Å². The summed E-state index contributed by atoms with van der Waals surface area (Å²) in [5.74, 6) is 0. The molecule has 129 heavy (non-hydrogen) atoms. The first-order chi connectivity index (χ1) is 65.6. The van der Waals surface area contributed by atoms with Gasteiger partial charge in [-0.2, -0.15) is 0 Å². The van der Waals surface area contributed by atoms with Crippen LogP contribution in [0.1, 0.15) is 87.4 Å². The Balaban J connectivity index is 0.000000102. The Kier molecular flexibility index (Phi) is 17.8. The maximum absolute atomic E-state index is 8.82. The van der Waals surface area contributed by atoms with Gasteiger partial charge in [0.2, 0.25) is 28.5 Å². The molecule has 0 amide bonds. The highest BCUT2D eigenvalue weighted by atomic mass is 14.9. The van der Waals surface area contributed by atoms with Crippen LogP contribution in [0.5, 0.6) is 0 Å². The van der Waals surface area contributed by atoms with E-state index in [9.17, 15) is 0 Å². The Labute approximate surface area is 770 Å². The Morgan fingerprint density at radius 3 is 1.03 bits per heavy atom. The molecule has 5 heterocycles. The molecule has 5 aliphatic carbocycles. The molecule has 0 N–H and O–H groups in total. The Bertz CT molecular complexity index is 8540. The Hall–Kier alpha value is -14.7. The Morgan fingerprint density at radius 2 is 0.605 bits per heavy atom. The molecule has 0 saturated heterocycles. The van der Waals surface area contributed by atoms with E-state index in [-0.39, 0.29) is 0 Å². The zero-order valence-corrected chi connectivity index (χ0v) is 76.0. The average Bonchev–Trinajstić information content (AvgIpc) is 1.60. The van der Waals surface area contributed by atoms with Crippen molar-refractivity contribution in [2.75, 3.05) is 0 Å². The molecule has 20 aromatic rings. The van der Waals surface area contributed by atoms with Gasteiger partial charge in [-0.05, 0) is 280 Å². The van der Waals surface area contributed by atoms with Crippen LogP contribution in [-0.2, 0) is 41.6 Å². The molecule has 0 saturated carbocycles. The summed E-state index contributed by atoms with van der Waals surface area (Å²) in [5, 5.41) is 13.1. The second-order valence-electron chi connectivity index (χ2n) is 36.9. The number of hydrogen-bond acceptors (Lipinski definition) is 0. The SMILES string of the molecule is Cc1c(-c2cccc[n+]2C)cc2c3c(cccc13)-c1ccccc1-2.Cc1cc[n+](C)c(-c2c(C)cc3cccc4c3c2-c2ccccc2-4)c1.[2H]C([2H])([2H])c1c[n+](C)c(-c2c(C)cc3cccc4c3c2-c2ccccc2-4)cc1C.[2H]C([2H])([2H])c1ccc(-c2c(C)cc3cccc4c3c2-c2ccccc2-4)[n+](C)c1.[2H]C([2H])(c1cc[n+](C)c(-c2c(C)cc3cccc4c3c2-c2ccccc2-4)c1)C(C)(C)C. The molecule has 25 rings (SSSR count). The number of aryl methyl sites for hydroxylation is 14. The van der Waals surface area contributed by atoms with E-state index >= 15 is 0 Å². The molecular formula is C124H108N5+5. The molecule has 5 aromatic heterocycles. The van der Waals surface area contributed by atoms with E-state index in [0.29, 0.717) is 11.1 Å². The van der Waals surface area contributed by atoms with Crippen molar-refractivity contribution in [1.29, 1.82) is 0 Å². The number of pyridine rings is 5. The van der Waals surface area contributed by atoms with E-state index in [1.54, 1.807) is 18.5 Å². The maximum Gasteiger partial charge on any atom is 0.213 e. The number of benzene rings is 15. The minimum Gasteiger partial charge on any atom is -0.201 e. The van der Waals surface area contributed by atoms with Gasteiger partial charge < -0.3 is 0 Å². The van der Waals surface area contributed by atoms with Crippen molar-refractivity contribution in [2.45, 2.75) is 89.3 Å². The van der Waals surface area contributed by atoms with Crippen molar-refractivity contribution in [1.82, 2.24) is 0 Å². The summed E-state index contributed by atoms with van der Waals surface area (Å²) in [6, 6.07) is 108. The minimum atomic E-state index is -2.12. The highest BCUT2D eigenvalue weighted by Gasteiger charge is 2.35. The van der Waals surface area contributed by atoms with Gasteiger partial charge in [0, 0.05) is 92.9 Å². The van der Waals surface area contributed by atoms with Gasteiger partial charge in [0.1, 0.15) is 35.2 Å². The lowest BCUT2D eigenvalue weighted by atomic mass is 9.86. The predicted octanol–water partition coefficient (Wildman–Crippen LogP) is 29.3. The fourth-order valence-corrected chi connectivity index (χ4v) is 21.6. The van der Waals surface area contributed by atoms with Crippen LogP contribution in [0.3, 0.4) is 0 Å². The van der Waals surface area contributed by atoms with Crippen LogP contribution in [0.4, 0.5) is 0 Å². The monoisotopic (exact) mass is 1670 g/mol. The molecule has 0 unspecified atom stereocenters. The average molecular weight is 1680 g/mol. The third-order valence-electron chi connectivity index (χ3n) is 27.3. The number of fused-ring (bicyclic) bond motifs is 15. The van der Waals surface area contributed by atoms with Gasteiger partial charge in [-0.25, -0.2) is 22.8 Å². The smallest absolute Gasteiger partial charge is 0.201 e. The van der Waals surface area contributed by atoms with Crippen molar-refractivity contribution in [3.05, 3.63) is 390 Å². The first-order valence-electron chi connectivity index (χ1n) is 48.9. The summed E-state index contributed by atoms with van der Waals surface area (Å²) in [6.07, 6.45) is 8.32. The largest absolute Gasteiger partial charge is 0.213 e. The van der Waals surface area contributed by atoms with Gasteiger partial charge >= 0.3 is 0 Å². The molecule has 0 bridgehead atoms. The van der Waals surface area contributed by atoms with E-state index in [2.05, 4.69) is 368 Å². The normalized spacial score (nSPS) is 13.2. The van der Waals surface area contributed by atoms with E-state index in [1.165, 1.54) is 238 Å². The van der Waals surface area contributed by atoms with Crippen molar-refractivity contribution in [3.63, 3.8) is 0 Å². The van der Waals surface area contributed by atoms with Crippen molar-refractivity contribution >= 4 is 53.9 Å². The molecule has 5 aliphatic rings. The minimum absolute atomic E-state index is 0.356. The van der Waals surface area contributed by atoms with Gasteiger partial charge in [0.25, 0.3) is 0 Å². The third-order valence-corrected chi connectivity index (χ3v) is 27.3. The van der Waals surface area contributed by atoms with Crippen LogP contribution in [0.25, 0.3) is 221 Å². The van der Waals surface area contributed by atoms with Crippen LogP contribution in [0.15, 0.2) is 334 Å². The lowest BCUT2D eigenvalue weighted by Gasteiger charge is -2.18. The Morgan fingerprint density at radius 1 is 0.240 bits per heavy atom. The van der Waals surface area contributed by atoms with Crippen LogP contribution in [0, 0.1) is 67.6 Å². The molecule has 0 atom stereocenters. The standard InChI is InChI=1S/C28H28N.C25H22N.2C24H20N.C23H18N/c1-18-15-20-9-8-12-22-21-10-6-7-11-23(21)27(26(20)22)25(18)24-16-19(13-14-29(24)5)17-28(2,3)4;1-15-13-22(26(4)14-17(15)3)23-16(2)12-18-8-7-11-20-19-9-5-6-10-21(19)25(23)24(18)20;1-15-11-12-21(25(3)14-15)22-16(2)13-17-7-6-10-19-18-8-4-5-9-20(18)24(22)23(17)19;1-15-11-12-25(3)21(13-15)22-16(2)14-17-7-6-10-19-18-8-4-5-9-20(18)24(22)23(17)19;1-15-16-10-7-11-19-17-8-3-4-9-18(17)21(23(16)19)14-20(15)22-12-5-6-13-24(22)2/h6-16H,17H2,1-5H3;5-14H,1-4H3;2*4-14H,1-3H3;3-14H,1-2H3/q5*+1/i17D2;3D3;1D3;;. The van der Waals surface area contributed by atoms with Gasteiger partial charge in [0.05, 0.1) is 27.8 Å². The highest BCUT2D eigenvalue weighted by Crippen LogP contribution is 2.58. The maximum atomic E-state index is 8.82. The molecule has 5 nitrogen and oxygen atoms in total. The van der Waals surface area contributed by atoms with E-state index < -0.39 is 25.5 Å². The highest BCUT2D eigenvalue weighted by molar-refractivity contribution is 6.24. The van der Waals surface area contributed by atoms with Gasteiger partial charge in [-0.3, -0.25) is 0 Å². The first-order valence-corrected chi connectivity index (χ1v) is 44.9. The number of hydrogen-bond donors (Lipinski definition) is 0. The predicted molar refractivity (Wildman–Crippen MR) is 541 cm³/mol. The van der Waals surface area contributed by atoms with Crippen LogP contribution in [-0.4, -0.2) is 0 Å². The number of rotatable bonds is 6. The van der Waals surface area contributed by atoms with Crippen LogP contribution >= 0.6 is 0 Å². The number of aromatic nitrogens is 5. The van der Waals surface area contributed by atoms with Crippen LogP contribution in [0.2, 0.25) is 0 Å². The lowest BCUT2D eigenvalue weighted by Crippen LogP contribution is -2.31. The topological polar surface area (TPSA) is 19.4 Å². The molecule has 0 spiro atoms. The van der Waals surface area contributed by atoms with E-state index in [0.717, 1.165) is 28.2 Å². The summed E-state index contributed by atoms with van der Waals surface area (Å²) in [6.45, 7) is 16.6.